The molecule has 0 unspecified atom stereocenters. The van der Waals surface area contributed by atoms with Crippen LogP contribution in [0.5, 0.6) is 0 Å². The molecule has 1 N–H and O–H groups in total. The van der Waals surface area contributed by atoms with Gasteiger partial charge < -0.3 is 9.84 Å². The van der Waals surface area contributed by atoms with E-state index in [2.05, 4.69) is 36.5 Å². The van der Waals surface area contributed by atoms with Crippen LogP contribution in [0.15, 0.2) is 51.7 Å². The second-order valence-corrected chi connectivity index (χ2v) is 7.69. The van der Waals surface area contributed by atoms with Crippen molar-refractivity contribution in [1.29, 1.82) is 0 Å². The van der Waals surface area contributed by atoms with E-state index in [4.69, 9.17) is 4.52 Å². The van der Waals surface area contributed by atoms with Gasteiger partial charge >= 0.3 is 0 Å². The molecule has 0 bridgehead atoms. The van der Waals surface area contributed by atoms with Gasteiger partial charge in [0, 0.05) is 11.9 Å². The predicted molar refractivity (Wildman–Crippen MR) is 110 cm³/mol. The second kappa shape index (κ2) is 7.20. The minimum absolute atomic E-state index is 0.148. The molecule has 1 amide bonds. The number of aryl methyl sites for hydroxylation is 1. The number of anilines is 1. The molecule has 0 aliphatic heterocycles. The van der Waals surface area contributed by atoms with Crippen molar-refractivity contribution < 1.29 is 9.32 Å². The molecule has 3 heterocycles. The first-order chi connectivity index (χ1) is 13.4. The molecule has 0 saturated heterocycles. The van der Waals surface area contributed by atoms with E-state index < -0.39 is 0 Å². The summed E-state index contributed by atoms with van der Waals surface area (Å²) < 4.78 is 7.87. The van der Waals surface area contributed by atoms with Gasteiger partial charge in [0.05, 0.1) is 38.7 Å². The number of pyridine rings is 1. The molecule has 7 nitrogen and oxygen atoms in total. The molecule has 0 fully saturated rings. The van der Waals surface area contributed by atoms with Crippen LogP contribution in [0.1, 0.15) is 41.5 Å². The number of nitrogens with zero attached hydrogens (tertiary/aromatic N) is 4. The van der Waals surface area contributed by atoms with Gasteiger partial charge in [0.1, 0.15) is 0 Å². The number of hydrogen-bond acceptors (Lipinski definition) is 5. The molecule has 0 saturated carbocycles. The Labute approximate surface area is 169 Å². The van der Waals surface area contributed by atoms with Crippen molar-refractivity contribution in [3.8, 4) is 5.69 Å². The van der Waals surface area contributed by atoms with Gasteiger partial charge in [-0.2, -0.15) is 5.10 Å². The van der Waals surface area contributed by atoms with Crippen LogP contribution in [0, 0.1) is 6.92 Å². The van der Waals surface area contributed by atoms with Crippen LogP contribution in [0.3, 0.4) is 0 Å². The summed E-state index contributed by atoms with van der Waals surface area (Å²) in [5, 5.41) is 11.9. The molecule has 0 radical (unpaired) electrons. The molecular weight excluding hydrogens is 422 g/mol. The highest BCUT2D eigenvalue weighted by Gasteiger charge is 2.20. The zero-order chi connectivity index (χ0) is 19.8. The monoisotopic (exact) mass is 439 g/mol. The Bertz CT molecular complexity index is 1180. The molecule has 0 aliphatic carbocycles. The largest absolute Gasteiger partial charge is 0.336 e. The number of hydrogen-bond donors (Lipinski definition) is 1. The summed E-state index contributed by atoms with van der Waals surface area (Å²) in [6.45, 7) is 5.84. The summed E-state index contributed by atoms with van der Waals surface area (Å²) in [5.41, 5.74) is 3.68. The lowest BCUT2D eigenvalue weighted by molar-refractivity contribution is 0.102. The zero-order valence-corrected chi connectivity index (χ0v) is 17.2. The molecule has 0 aliphatic rings. The van der Waals surface area contributed by atoms with Gasteiger partial charge in [0.2, 0.25) is 0 Å². The number of carbonyl (C=O) groups excluding carboxylic acids is 1. The van der Waals surface area contributed by atoms with Crippen molar-refractivity contribution in [3.63, 3.8) is 0 Å². The Morgan fingerprint density at radius 2 is 2.07 bits per heavy atom. The summed E-state index contributed by atoms with van der Waals surface area (Å²) in [5.74, 6) is -0.102. The minimum Gasteiger partial charge on any atom is -0.336 e. The fourth-order valence-electron chi connectivity index (χ4n) is 2.99. The molecule has 4 aromatic rings. The molecule has 0 atom stereocenters. The van der Waals surface area contributed by atoms with Gasteiger partial charge in [-0.1, -0.05) is 31.1 Å². The zero-order valence-electron chi connectivity index (χ0n) is 15.6. The fourth-order valence-corrected chi connectivity index (χ4v) is 3.28. The number of fused-ring (bicyclic) bond motifs is 1. The first-order valence-electron chi connectivity index (χ1n) is 8.82. The third-order valence-electron chi connectivity index (χ3n) is 4.42. The molecule has 4 rings (SSSR count). The number of aromatic nitrogens is 4. The van der Waals surface area contributed by atoms with Crippen molar-refractivity contribution in [3.05, 3.63) is 64.1 Å². The van der Waals surface area contributed by atoms with Gasteiger partial charge in [0.15, 0.2) is 0 Å². The van der Waals surface area contributed by atoms with E-state index in [0.29, 0.717) is 28.0 Å². The van der Waals surface area contributed by atoms with Gasteiger partial charge in [-0.15, -0.1) is 0 Å². The lowest BCUT2D eigenvalue weighted by Gasteiger charge is -2.12. The van der Waals surface area contributed by atoms with E-state index in [0.717, 1.165) is 15.9 Å². The number of benzene rings is 1. The maximum absolute atomic E-state index is 13.2. The SMILES string of the molecule is Cc1noc2nc(C(C)C)cc(C(=O)Nc3ccccc3-n3cc(Br)cn3)c12. The van der Waals surface area contributed by atoms with E-state index in [1.165, 1.54) is 0 Å². The van der Waals surface area contributed by atoms with E-state index in [-0.39, 0.29) is 11.8 Å². The van der Waals surface area contributed by atoms with Crippen LogP contribution in [0.4, 0.5) is 5.69 Å². The summed E-state index contributed by atoms with van der Waals surface area (Å²) >= 11 is 3.40. The lowest BCUT2D eigenvalue weighted by Crippen LogP contribution is -2.15. The van der Waals surface area contributed by atoms with E-state index in [9.17, 15) is 4.79 Å². The standard InChI is InChI=1S/C20H18BrN5O2/c1-11(2)16-8-14(18-12(3)25-28-20(18)24-16)19(27)23-15-6-4-5-7-17(15)26-10-13(21)9-22-26/h4-11H,1-3H3,(H,23,27). The van der Waals surface area contributed by atoms with Crippen molar-refractivity contribution in [2.45, 2.75) is 26.7 Å². The average Bonchev–Trinajstić information content (AvgIpc) is 3.27. The third-order valence-corrected chi connectivity index (χ3v) is 4.83. The number of halogens is 1. The Hall–Kier alpha value is -3.00. The summed E-state index contributed by atoms with van der Waals surface area (Å²) in [7, 11) is 0. The average molecular weight is 440 g/mol. The topological polar surface area (TPSA) is 85.8 Å². The minimum atomic E-state index is -0.251. The fraction of sp³-hybridized carbons (Fsp3) is 0.200. The van der Waals surface area contributed by atoms with E-state index in [1.54, 1.807) is 23.9 Å². The van der Waals surface area contributed by atoms with Crippen LogP contribution in [-0.4, -0.2) is 25.8 Å². The van der Waals surface area contributed by atoms with Crippen molar-refractivity contribution in [2.75, 3.05) is 5.32 Å². The smallest absolute Gasteiger partial charge is 0.259 e. The maximum Gasteiger partial charge on any atom is 0.259 e. The number of nitrogens with one attached hydrogen (secondary N) is 1. The third kappa shape index (κ3) is 3.31. The molecule has 8 heteroatoms. The highest BCUT2D eigenvalue weighted by atomic mass is 79.9. The van der Waals surface area contributed by atoms with Crippen molar-refractivity contribution in [2.24, 2.45) is 0 Å². The van der Waals surface area contributed by atoms with Crippen molar-refractivity contribution >= 4 is 38.6 Å². The van der Waals surface area contributed by atoms with Crippen LogP contribution < -0.4 is 5.32 Å². The molecular formula is C20H18BrN5O2. The van der Waals surface area contributed by atoms with Gasteiger partial charge in [-0.3, -0.25) is 4.79 Å². The van der Waals surface area contributed by atoms with Gasteiger partial charge in [-0.05, 0) is 47.0 Å². The Morgan fingerprint density at radius 3 is 2.79 bits per heavy atom. The summed E-state index contributed by atoms with van der Waals surface area (Å²) in [4.78, 5) is 17.7. The molecule has 0 spiro atoms. The van der Waals surface area contributed by atoms with E-state index >= 15 is 0 Å². The number of amides is 1. The van der Waals surface area contributed by atoms with Crippen LogP contribution in [-0.2, 0) is 0 Å². The number of rotatable bonds is 4. The maximum atomic E-state index is 13.2. The molecule has 28 heavy (non-hydrogen) atoms. The Balaban J connectivity index is 1.77. The van der Waals surface area contributed by atoms with Gasteiger partial charge in [-0.25, -0.2) is 9.67 Å². The molecule has 3 aromatic heterocycles. The first-order valence-corrected chi connectivity index (χ1v) is 9.61. The predicted octanol–water partition coefficient (Wildman–Crippen LogP) is 4.86. The second-order valence-electron chi connectivity index (χ2n) is 6.77. The molecule has 142 valence electrons. The molecule has 1 aromatic carbocycles. The van der Waals surface area contributed by atoms with Crippen LogP contribution >= 0.6 is 15.9 Å². The highest BCUT2D eigenvalue weighted by molar-refractivity contribution is 9.10. The Morgan fingerprint density at radius 1 is 1.29 bits per heavy atom. The number of carbonyl (C=O) groups is 1. The van der Waals surface area contributed by atoms with E-state index in [1.807, 2.05) is 44.3 Å². The number of para-hydroxylation sites is 2. The van der Waals surface area contributed by atoms with Gasteiger partial charge in [0.25, 0.3) is 11.6 Å². The first kappa shape index (κ1) is 18.4. The van der Waals surface area contributed by atoms with Crippen LogP contribution in [0.2, 0.25) is 0 Å². The quantitative estimate of drug-likeness (QED) is 0.490. The lowest BCUT2D eigenvalue weighted by atomic mass is 10.0. The highest BCUT2D eigenvalue weighted by Crippen LogP contribution is 2.27. The van der Waals surface area contributed by atoms with Crippen molar-refractivity contribution in [1.82, 2.24) is 19.9 Å². The Kier molecular flexibility index (Phi) is 4.72. The summed E-state index contributed by atoms with van der Waals surface area (Å²) in [6, 6.07) is 9.29. The van der Waals surface area contributed by atoms with Crippen LogP contribution in [0.25, 0.3) is 16.8 Å². The summed E-state index contributed by atoms with van der Waals surface area (Å²) in [6.07, 6.45) is 3.52. The normalized spacial score (nSPS) is 11.3.